The molecular weight excluding hydrogens is 416 g/mol. The van der Waals surface area contributed by atoms with Crippen molar-refractivity contribution >= 4 is 34.7 Å². The van der Waals surface area contributed by atoms with Crippen molar-refractivity contribution in [3.05, 3.63) is 92.1 Å². The Morgan fingerprint density at radius 3 is 2.48 bits per heavy atom. The second-order valence-corrected chi connectivity index (χ2v) is 8.16. The minimum absolute atomic E-state index is 0.0489. The van der Waals surface area contributed by atoms with Crippen LogP contribution < -0.4 is 0 Å². The molecule has 1 aliphatic rings. The Balaban J connectivity index is 1.61. The number of rotatable bonds is 5. The molecule has 0 aliphatic carbocycles. The summed E-state index contributed by atoms with van der Waals surface area (Å²) in [6.45, 7) is 3.88. The third-order valence-corrected chi connectivity index (χ3v) is 5.94. The average molecular weight is 434 g/mol. The van der Waals surface area contributed by atoms with E-state index >= 15 is 0 Å². The molecule has 2 heterocycles. The predicted octanol–water partition coefficient (Wildman–Crippen LogP) is 5.71. The molecule has 2 amide bonds. The minimum atomic E-state index is -0.446. The monoisotopic (exact) mass is 434 g/mol. The first-order valence-electron chi connectivity index (χ1n) is 9.48. The molecule has 0 unspecified atom stereocenters. The van der Waals surface area contributed by atoms with Crippen LogP contribution in [0.5, 0.6) is 0 Å². The van der Waals surface area contributed by atoms with Gasteiger partial charge in [-0.1, -0.05) is 30.3 Å². The van der Waals surface area contributed by atoms with E-state index in [0.717, 1.165) is 28.5 Å². The van der Waals surface area contributed by atoms with E-state index in [0.29, 0.717) is 17.1 Å². The summed E-state index contributed by atoms with van der Waals surface area (Å²) in [5.41, 5.74) is 2.89. The molecule has 0 saturated carbocycles. The van der Waals surface area contributed by atoms with E-state index in [2.05, 4.69) is 0 Å². The highest BCUT2D eigenvalue weighted by atomic mass is 32.2. The maximum Gasteiger partial charge on any atom is 0.293 e. The topological polar surface area (TPSA) is 93.7 Å². The zero-order valence-corrected chi connectivity index (χ0v) is 17.6. The zero-order valence-electron chi connectivity index (χ0n) is 16.8. The van der Waals surface area contributed by atoms with Gasteiger partial charge >= 0.3 is 0 Å². The molecule has 0 bridgehead atoms. The number of nitro groups is 1. The number of nitro benzene ring substituents is 1. The van der Waals surface area contributed by atoms with Crippen LogP contribution in [0.4, 0.5) is 10.5 Å². The fourth-order valence-electron chi connectivity index (χ4n) is 3.26. The van der Waals surface area contributed by atoms with Crippen LogP contribution >= 0.6 is 11.8 Å². The first-order valence-corrected chi connectivity index (χ1v) is 10.3. The molecular formula is C23H18N2O5S. The van der Waals surface area contributed by atoms with Gasteiger partial charge in [0.1, 0.15) is 11.5 Å². The van der Waals surface area contributed by atoms with Crippen molar-refractivity contribution in [2.45, 2.75) is 20.4 Å². The van der Waals surface area contributed by atoms with Gasteiger partial charge in [-0.2, -0.15) is 0 Å². The van der Waals surface area contributed by atoms with Crippen LogP contribution in [0.2, 0.25) is 0 Å². The molecule has 0 radical (unpaired) electrons. The van der Waals surface area contributed by atoms with Gasteiger partial charge in [0.2, 0.25) is 0 Å². The number of carbonyl (C=O) groups excluding carboxylic acids is 2. The van der Waals surface area contributed by atoms with Crippen LogP contribution in [-0.4, -0.2) is 21.0 Å². The van der Waals surface area contributed by atoms with Gasteiger partial charge in [0, 0.05) is 12.1 Å². The van der Waals surface area contributed by atoms with Crippen LogP contribution in [0.1, 0.15) is 22.5 Å². The average Bonchev–Trinajstić information content (AvgIpc) is 3.31. The Bertz CT molecular complexity index is 1230. The van der Waals surface area contributed by atoms with E-state index < -0.39 is 10.8 Å². The number of aryl methyl sites for hydroxylation is 2. The number of hydrogen-bond donors (Lipinski definition) is 0. The van der Waals surface area contributed by atoms with Crippen molar-refractivity contribution in [1.29, 1.82) is 0 Å². The van der Waals surface area contributed by atoms with Crippen LogP contribution in [-0.2, 0) is 11.3 Å². The number of benzene rings is 2. The SMILES string of the molecule is Cc1cc(-c2ccc(/C=C3\SC(=O)N(Cc4ccccc4)C3=O)o2)c([N+](=O)[O-])cc1C. The third kappa shape index (κ3) is 4.15. The van der Waals surface area contributed by atoms with Crippen molar-refractivity contribution in [3.63, 3.8) is 0 Å². The van der Waals surface area contributed by atoms with Gasteiger partial charge in [0.05, 0.1) is 21.9 Å². The Morgan fingerprint density at radius 2 is 1.77 bits per heavy atom. The summed E-state index contributed by atoms with van der Waals surface area (Å²) < 4.78 is 5.78. The van der Waals surface area contributed by atoms with Crippen molar-refractivity contribution in [2.75, 3.05) is 0 Å². The van der Waals surface area contributed by atoms with Crippen LogP contribution in [0.15, 0.2) is 63.9 Å². The van der Waals surface area contributed by atoms with Crippen LogP contribution in [0, 0.1) is 24.0 Å². The van der Waals surface area contributed by atoms with Gasteiger partial charge in [0.25, 0.3) is 16.8 Å². The zero-order chi connectivity index (χ0) is 22.1. The Morgan fingerprint density at radius 1 is 1.06 bits per heavy atom. The molecule has 0 atom stereocenters. The number of furan rings is 1. The molecule has 8 heteroatoms. The number of hydrogen-bond acceptors (Lipinski definition) is 6. The predicted molar refractivity (Wildman–Crippen MR) is 118 cm³/mol. The van der Waals surface area contributed by atoms with Crippen molar-refractivity contribution in [1.82, 2.24) is 4.90 Å². The summed E-state index contributed by atoms with van der Waals surface area (Å²) >= 11 is 0.844. The first kappa shape index (κ1) is 20.6. The van der Waals surface area contributed by atoms with Gasteiger partial charge in [-0.3, -0.25) is 24.6 Å². The molecule has 0 N–H and O–H groups in total. The number of amides is 2. The van der Waals surface area contributed by atoms with E-state index in [4.69, 9.17) is 4.42 Å². The van der Waals surface area contributed by atoms with Crippen LogP contribution in [0.25, 0.3) is 17.4 Å². The number of nitrogens with zero attached hydrogens (tertiary/aromatic N) is 2. The fraction of sp³-hybridized carbons (Fsp3) is 0.130. The van der Waals surface area contributed by atoms with Crippen molar-refractivity contribution in [2.24, 2.45) is 0 Å². The second kappa shape index (κ2) is 8.23. The minimum Gasteiger partial charge on any atom is -0.456 e. The number of carbonyl (C=O) groups is 2. The molecule has 0 spiro atoms. The Kier molecular flexibility index (Phi) is 5.48. The lowest BCUT2D eigenvalue weighted by Gasteiger charge is -2.11. The van der Waals surface area contributed by atoms with E-state index in [1.54, 1.807) is 18.2 Å². The lowest BCUT2D eigenvalue weighted by molar-refractivity contribution is -0.384. The van der Waals surface area contributed by atoms with Gasteiger partial charge in [-0.25, -0.2) is 0 Å². The summed E-state index contributed by atoms with van der Waals surface area (Å²) in [7, 11) is 0. The van der Waals surface area contributed by atoms with Gasteiger partial charge in [-0.15, -0.1) is 0 Å². The summed E-state index contributed by atoms with van der Waals surface area (Å²) in [6, 6.07) is 15.7. The number of thioether (sulfide) groups is 1. The largest absolute Gasteiger partial charge is 0.456 e. The summed E-state index contributed by atoms with van der Waals surface area (Å²) in [4.78, 5) is 37.5. The van der Waals surface area contributed by atoms with E-state index in [1.165, 1.54) is 17.0 Å². The maximum atomic E-state index is 12.7. The fourth-order valence-corrected chi connectivity index (χ4v) is 4.07. The molecule has 1 fully saturated rings. The normalized spacial score (nSPS) is 15.2. The summed E-state index contributed by atoms with van der Waals surface area (Å²) in [5, 5.41) is 11.1. The first-order chi connectivity index (χ1) is 14.8. The molecule has 2 aromatic carbocycles. The highest BCUT2D eigenvalue weighted by molar-refractivity contribution is 8.18. The summed E-state index contributed by atoms with van der Waals surface area (Å²) in [6.07, 6.45) is 1.49. The highest BCUT2D eigenvalue weighted by Crippen LogP contribution is 2.36. The molecule has 3 aromatic rings. The van der Waals surface area contributed by atoms with Crippen molar-refractivity contribution < 1.29 is 18.9 Å². The Labute approximate surface area is 182 Å². The van der Waals surface area contributed by atoms with E-state index in [-0.39, 0.29) is 22.4 Å². The highest BCUT2D eigenvalue weighted by Gasteiger charge is 2.35. The smallest absolute Gasteiger partial charge is 0.293 e. The lowest BCUT2D eigenvalue weighted by atomic mass is 10.0. The van der Waals surface area contributed by atoms with E-state index in [1.807, 2.05) is 44.2 Å². The molecule has 31 heavy (non-hydrogen) atoms. The molecule has 4 rings (SSSR count). The molecule has 1 aliphatic heterocycles. The molecule has 7 nitrogen and oxygen atoms in total. The van der Waals surface area contributed by atoms with Gasteiger partial charge < -0.3 is 4.42 Å². The van der Waals surface area contributed by atoms with E-state index in [9.17, 15) is 19.7 Å². The van der Waals surface area contributed by atoms with Gasteiger partial charge in [-0.05, 0) is 60.5 Å². The molecule has 1 aromatic heterocycles. The third-order valence-electron chi connectivity index (χ3n) is 5.03. The summed E-state index contributed by atoms with van der Waals surface area (Å²) in [5.74, 6) is 0.270. The second-order valence-electron chi connectivity index (χ2n) is 7.17. The quantitative estimate of drug-likeness (QED) is 0.290. The maximum absolute atomic E-state index is 12.7. The van der Waals surface area contributed by atoms with Gasteiger partial charge in [0.15, 0.2) is 0 Å². The molecule has 1 saturated heterocycles. The standard InChI is InChI=1S/C23H18N2O5S/c1-14-10-18(19(25(28)29)11-15(14)2)20-9-8-17(30-20)12-21-22(26)24(23(27)31-21)13-16-6-4-3-5-7-16/h3-12H,13H2,1-2H3/b21-12-. The van der Waals surface area contributed by atoms with Crippen molar-refractivity contribution in [3.8, 4) is 11.3 Å². The number of imide groups is 1. The lowest BCUT2D eigenvalue weighted by Crippen LogP contribution is -2.27. The Hall–Kier alpha value is -3.65. The molecule has 156 valence electrons. The van der Waals surface area contributed by atoms with Crippen LogP contribution in [0.3, 0.4) is 0 Å².